The molecule has 4 atom stereocenters. The average Bonchev–Trinajstić information content (AvgIpc) is 2.96. The predicted octanol–water partition coefficient (Wildman–Crippen LogP) is 4.45. The zero-order chi connectivity index (χ0) is 24.0. The van der Waals surface area contributed by atoms with E-state index in [1.165, 1.54) is 12.1 Å². The van der Waals surface area contributed by atoms with Crippen LogP contribution in [-0.2, 0) is 15.9 Å². The van der Waals surface area contributed by atoms with E-state index in [1.54, 1.807) is 6.92 Å². The third-order valence-corrected chi connectivity index (χ3v) is 6.79. The summed E-state index contributed by atoms with van der Waals surface area (Å²) in [6.07, 6.45) is -1.21. The summed E-state index contributed by atoms with van der Waals surface area (Å²) in [6, 6.07) is 18.8. The highest BCUT2D eigenvalue weighted by molar-refractivity contribution is 6.32. The van der Waals surface area contributed by atoms with E-state index in [-0.39, 0.29) is 17.0 Å². The van der Waals surface area contributed by atoms with Gasteiger partial charge in [0, 0.05) is 13.0 Å². The molecule has 0 aliphatic carbocycles. The summed E-state index contributed by atoms with van der Waals surface area (Å²) in [5.74, 6) is -2.95. The highest BCUT2D eigenvalue weighted by atomic mass is 35.5. The van der Waals surface area contributed by atoms with Gasteiger partial charge in [-0.1, -0.05) is 48.0 Å². The standard InChI is InChI=1S/C23H16ClN5O4/c1-21-18(9-14-5-3-2-4-6-14)23(13-27,20(28)33-21)22(11-25,12-26)19(32-21)15-7-8-16(24)17(10-15)29(30)31/h2-8,10,18-19,28H,9H2,1H3. The van der Waals surface area contributed by atoms with Gasteiger partial charge in [0.05, 0.1) is 29.0 Å². The van der Waals surface area contributed by atoms with E-state index >= 15 is 0 Å². The van der Waals surface area contributed by atoms with Crippen LogP contribution in [0.5, 0.6) is 0 Å². The second kappa shape index (κ2) is 7.56. The van der Waals surface area contributed by atoms with Crippen molar-refractivity contribution in [2.45, 2.75) is 25.2 Å². The molecule has 2 bridgehead atoms. The van der Waals surface area contributed by atoms with E-state index in [2.05, 4.69) is 6.07 Å². The number of hydrogen-bond donors (Lipinski definition) is 1. The van der Waals surface area contributed by atoms with E-state index in [0.717, 1.165) is 11.6 Å². The Bertz CT molecular complexity index is 1280. The van der Waals surface area contributed by atoms with Crippen LogP contribution in [0.2, 0.25) is 5.02 Å². The molecule has 33 heavy (non-hydrogen) atoms. The Morgan fingerprint density at radius 2 is 1.82 bits per heavy atom. The quantitative estimate of drug-likeness (QED) is 0.520. The van der Waals surface area contributed by atoms with Crippen LogP contribution >= 0.6 is 11.6 Å². The second-order valence-electron chi connectivity index (χ2n) is 8.11. The van der Waals surface area contributed by atoms with Crippen molar-refractivity contribution in [3.63, 3.8) is 0 Å². The van der Waals surface area contributed by atoms with E-state index in [4.69, 9.17) is 26.5 Å². The first-order valence-corrected chi connectivity index (χ1v) is 10.2. The predicted molar refractivity (Wildman–Crippen MR) is 114 cm³/mol. The first-order chi connectivity index (χ1) is 15.7. The van der Waals surface area contributed by atoms with Gasteiger partial charge in [-0.15, -0.1) is 0 Å². The lowest BCUT2D eigenvalue weighted by atomic mass is 9.52. The Labute approximate surface area is 194 Å². The number of nitriles is 3. The van der Waals surface area contributed by atoms with Gasteiger partial charge in [0.25, 0.3) is 5.69 Å². The van der Waals surface area contributed by atoms with Crippen molar-refractivity contribution in [3.05, 3.63) is 74.8 Å². The molecule has 0 amide bonds. The van der Waals surface area contributed by atoms with E-state index < -0.39 is 45.1 Å². The van der Waals surface area contributed by atoms with Crippen LogP contribution in [-0.4, -0.2) is 16.6 Å². The Hall–Kier alpha value is -3.97. The number of hydrogen-bond acceptors (Lipinski definition) is 8. The average molecular weight is 462 g/mol. The van der Waals surface area contributed by atoms with Gasteiger partial charge in [-0.2, -0.15) is 15.8 Å². The molecule has 2 aromatic carbocycles. The summed E-state index contributed by atoms with van der Waals surface area (Å²) in [5.41, 5.74) is -3.74. The van der Waals surface area contributed by atoms with Crippen molar-refractivity contribution in [1.29, 1.82) is 21.2 Å². The van der Waals surface area contributed by atoms with E-state index in [1.807, 2.05) is 42.5 Å². The van der Waals surface area contributed by atoms with Gasteiger partial charge in [-0.3, -0.25) is 15.5 Å². The number of nitrogens with one attached hydrogen (secondary N) is 1. The summed E-state index contributed by atoms with van der Waals surface area (Å²) in [4.78, 5) is 10.7. The number of nitrogens with zero attached hydrogens (tertiary/aromatic N) is 4. The topological polar surface area (TPSA) is 157 Å². The number of halogens is 1. The summed E-state index contributed by atoms with van der Waals surface area (Å²) in [6.45, 7) is 1.55. The lowest BCUT2D eigenvalue weighted by Gasteiger charge is -2.48. The van der Waals surface area contributed by atoms with Gasteiger partial charge in [0.15, 0.2) is 5.41 Å². The number of nitro benzene ring substituents is 1. The molecular weight excluding hydrogens is 446 g/mol. The van der Waals surface area contributed by atoms with Crippen molar-refractivity contribution in [2.24, 2.45) is 16.7 Å². The fourth-order valence-corrected chi connectivity index (χ4v) is 5.06. The van der Waals surface area contributed by atoms with Crippen molar-refractivity contribution in [3.8, 4) is 18.2 Å². The van der Waals surface area contributed by atoms with Crippen molar-refractivity contribution < 1.29 is 14.4 Å². The maximum absolute atomic E-state index is 11.4. The highest BCUT2D eigenvalue weighted by Crippen LogP contribution is 2.67. The van der Waals surface area contributed by atoms with Crippen LogP contribution in [0.15, 0.2) is 48.5 Å². The number of rotatable bonds is 4. The fraction of sp³-hybridized carbons (Fsp3) is 0.304. The first-order valence-electron chi connectivity index (χ1n) is 9.86. The van der Waals surface area contributed by atoms with Crippen LogP contribution in [0.3, 0.4) is 0 Å². The minimum absolute atomic E-state index is 0.108. The molecule has 10 heteroatoms. The molecular formula is C23H16ClN5O4. The van der Waals surface area contributed by atoms with Crippen molar-refractivity contribution in [1.82, 2.24) is 0 Å². The normalized spacial score (nSPS) is 29.2. The van der Waals surface area contributed by atoms with E-state index in [9.17, 15) is 25.9 Å². The van der Waals surface area contributed by atoms with Crippen molar-refractivity contribution >= 4 is 23.2 Å². The molecule has 1 N–H and O–H groups in total. The molecule has 4 rings (SSSR count). The summed E-state index contributed by atoms with van der Waals surface area (Å²) >= 11 is 5.93. The molecule has 2 saturated heterocycles. The molecule has 9 nitrogen and oxygen atoms in total. The van der Waals surface area contributed by atoms with Crippen LogP contribution in [0, 0.1) is 66.3 Å². The molecule has 4 unspecified atom stereocenters. The Morgan fingerprint density at radius 3 is 2.39 bits per heavy atom. The smallest absolute Gasteiger partial charge is 0.288 e. The number of benzene rings is 2. The SMILES string of the molecule is CC12OC(=N)C(C#N)(C1Cc1ccccc1)C(C#N)(C#N)C(c1ccc(Cl)c([N+](=O)[O-])c1)O2. The highest BCUT2D eigenvalue weighted by Gasteiger charge is 2.79. The summed E-state index contributed by atoms with van der Waals surface area (Å²) in [5, 5.41) is 50.8. The maximum Gasteiger partial charge on any atom is 0.288 e. The molecule has 0 spiro atoms. The summed E-state index contributed by atoms with van der Waals surface area (Å²) < 4.78 is 11.9. The summed E-state index contributed by atoms with van der Waals surface area (Å²) in [7, 11) is 0. The first kappa shape index (κ1) is 22.2. The minimum Gasteiger partial charge on any atom is -0.448 e. The molecule has 0 saturated carbocycles. The van der Waals surface area contributed by atoms with Gasteiger partial charge in [0.2, 0.25) is 17.1 Å². The minimum atomic E-state index is -2.23. The molecule has 2 heterocycles. The van der Waals surface area contributed by atoms with Gasteiger partial charge >= 0.3 is 0 Å². The third-order valence-electron chi connectivity index (χ3n) is 6.47. The maximum atomic E-state index is 11.4. The van der Waals surface area contributed by atoms with Crippen molar-refractivity contribution in [2.75, 3.05) is 0 Å². The molecule has 2 aromatic rings. The number of nitro groups is 1. The van der Waals surface area contributed by atoms with E-state index in [0.29, 0.717) is 0 Å². The van der Waals surface area contributed by atoms with Crippen LogP contribution < -0.4 is 0 Å². The number of ether oxygens (including phenoxy) is 2. The van der Waals surface area contributed by atoms with Gasteiger partial charge < -0.3 is 9.47 Å². The largest absolute Gasteiger partial charge is 0.448 e. The Morgan fingerprint density at radius 1 is 1.15 bits per heavy atom. The number of fused-ring (bicyclic) bond motifs is 2. The molecule has 2 aliphatic rings. The monoisotopic (exact) mass is 461 g/mol. The lowest BCUT2D eigenvalue weighted by molar-refractivity contribution is -0.384. The molecule has 0 radical (unpaired) electrons. The third kappa shape index (κ3) is 2.89. The molecule has 164 valence electrons. The Balaban J connectivity index is 1.95. The molecule has 2 aliphatic heterocycles. The lowest BCUT2D eigenvalue weighted by Crippen LogP contribution is -2.59. The van der Waals surface area contributed by atoms with Gasteiger partial charge in [-0.25, -0.2) is 0 Å². The fourth-order valence-electron chi connectivity index (χ4n) is 4.87. The van der Waals surface area contributed by atoms with Gasteiger partial charge in [0.1, 0.15) is 11.1 Å². The molecule has 2 fully saturated rings. The van der Waals surface area contributed by atoms with Crippen LogP contribution in [0.25, 0.3) is 0 Å². The second-order valence-corrected chi connectivity index (χ2v) is 8.51. The van der Waals surface area contributed by atoms with Gasteiger partial charge in [-0.05, 0) is 23.6 Å². The van der Waals surface area contributed by atoms with Crippen LogP contribution in [0.4, 0.5) is 5.69 Å². The van der Waals surface area contributed by atoms with Crippen LogP contribution in [0.1, 0.15) is 24.2 Å². The zero-order valence-corrected chi connectivity index (χ0v) is 18.0. The zero-order valence-electron chi connectivity index (χ0n) is 17.3. The molecule has 0 aromatic heterocycles. The Kier molecular flexibility index (Phi) is 5.10.